The van der Waals surface area contributed by atoms with Crippen molar-refractivity contribution in [1.29, 1.82) is 0 Å². The highest BCUT2D eigenvalue weighted by Gasteiger charge is 2.08. The van der Waals surface area contributed by atoms with Crippen LogP contribution < -0.4 is 10.5 Å². The molecule has 1 aromatic carbocycles. The van der Waals surface area contributed by atoms with Crippen molar-refractivity contribution in [2.75, 3.05) is 12.8 Å². The normalized spacial score (nSPS) is 10.7. The number of nitrogen functional groups attached to an aromatic ring is 1. The van der Waals surface area contributed by atoms with E-state index in [9.17, 15) is 0 Å². The lowest BCUT2D eigenvalue weighted by Gasteiger charge is -2.05. The number of rotatable bonds is 2. The Kier molecular flexibility index (Phi) is 2.90. The van der Waals surface area contributed by atoms with E-state index in [4.69, 9.17) is 10.5 Å². The van der Waals surface area contributed by atoms with Gasteiger partial charge in [0.15, 0.2) is 5.82 Å². The lowest BCUT2D eigenvalue weighted by Crippen LogP contribution is -2.02. The molecular weight excluding hydrogens is 254 g/mol. The van der Waals surface area contributed by atoms with Crippen LogP contribution in [0.1, 0.15) is 5.69 Å². The van der Waals surface area contributed by atoms with E-state index in [2.05, 4.69) is 19.9 Å². The number of fused-ring (bicyclic) bond motifs is 1. The minimum atomic E-state index is 0.133. The van der Waals surface area contributed by atoms with E-state index >= 15 is 0 Å². The van der Waals surface area contributed by atoms with Gasteiger partial charge in [0.2, 0.25) is 5.95 Å². The van der Waals surface area contributed by atoms with Gasteiger partial charge in [0.25, 0.3) is 0 Å². The second kappa shape index (κ2) is 4.73. The molecule has 2 aromatic heterocycles. The summed E-state index contributed by atoms with van der Waals surface area (Å²) in [5.41, 5.74) is 8.41. The van der Waals surface area contributed by atoms with Crippen molar-refractivity contribution < 1.29 is 4.74 Å². The van der Waals surface area contributed by atoms with Gasteiger partial charge in [-0.2, -0.15) is 15.0 Å². The van der Waals surface area contributed by atoms with E-state index in [1.807, 2.05) is 37.3 Å². The topological polar surface area (TPSA) is 86.8 Å². The van der Waals surface area contributed by atoms with Crippen molar-refractivity contribution in [2.24, 2.45) is 0 Å². The number of anilines is 1. The van der Waals surface area contributed by atoms with E-state index in [-0.39, 0.29) is 12.0 Å². The van der Waals surface area contributed by atoms with Gasteiger partial charge in [-0.25, -0.2) is 0 Å². The van der Waals surface area contributed by atoms with Gasteiger partial charge in [0, 0.05) is 16.6 Å². The Bertz CT molecular complexity index is 788. The molecule has 0 aliphatic heterocycles. The van der Waals surface area contributed by atoms with E-state index in [0.717, 1.165) is 22.2 Å². The maximum Gasteiger partial charge on any atom is 0.321 e. The summed E-state index contributed by atoms with van der Waals surface area (Å²) in [6, 6.07) is 10.00. The zero-order chi connectivity index (χ0) is 14.1. The van der Waals surface area contributed by atoms with Gasteiger partial charge in [0.05, 0.1) is 12.6 Å². The lowest BCUT2D eigenvalue weighted by atomic mass is 10.1. The molecule has 0 bridgehead atoms. The first-order chi connectivity index (χ1) is 9.65. The average molecular weight is 267 g/mol. The van der Waals surface area contributed by atoms with Crippen molar-refractivity contribution >= 4 is 16.9 Å². The lowest BCUT2D eigenvalue weighted by molar-refractivity contribution is 0.379. The molecule has 3 aromatic rings. The fraction of sp³-hybridized carbons (Fsp3) is 0.143. The van der Waals surface area contributed by atoms with Gasteiger partial charge in [-0.15, -0.1) is 0 Å². The molecule has 100 valence electrons. The number of hydrogen-bond acceptors (Lipinski definition) is 6. The van der Waals surface area contributed by atoms with Gasteiger partial charge in [0.1, 0.15) is 0 Å². The monoisotopic (exact) mass is 267 g/mol. The molecule has 0 atom stereocenters. The number of methoxy groups -OCH3 is 1. The summed E-state index contributed by atoms with van der Waals surface area (Å²) in [5, 5.41) is 1.02. The Morgan fingerprint density at radius 3 is 2.65 bits per heavy atom. The third kappa shape index (κ3) is 2.23. The first-order valence-corrected chi connectivity index (χ1v) is 6.09. The summed E-state index contributed by atoms with van der Waals surface area (Å²) in [7, 11) is 1.49. The molecule has 20 heavy (non-hydrogen) atoms. The number of aryl methyl sites for hydroxylation is 1. The Hall–Kier alpha value is -2.76. The SMILES string of the molecule is COc1nc(N)nc(-c2ccc3nc(C)ccc3c2)n1. The number of ether oxygens (including phenoxy) is 1. The first kappa shape index (κ1) is 12.3. The summed E-state index contributed by atoms with van der Waals surface area (Å²) >= 11 is 0. The summed E-state index contributed by atoms with van der Waals surface area (Å²) in [6.07, 6.45) is 0. The minimum Gasteiger partial charge on any atom is -0.467 e. The molecule has 6 nitrogen and oxygen atoms in total. The van der Waals surface area contributed by atoms with Crippen molar-refractivity contribution in [2.45, 2.75) is 6.92 Å². The summed E-state index contributed by atoms with van der Waals surface area (Å²) in [5.74, 6) is 0.616. The third-order valence-corrected chi connectivity index (χ3v) is 2.90. The zero-order valence-corrected chi connectivity index (χ0v) is 11.2. The smallest absolute Gasteiger partial charge is 0.321 e. The molecule has 2 heterocycles. The highest BCUT2D eigenvalue weighted by molar-refractivity contribution is 5.83. The number of nitrogens with zero attached hydrogens (tertiary/aromatic N) is 4. The van der Waals surface area contributed by atoms with Crippen LogP contribution in [0.25, 0.3) is 22.3 Å². The van der Waals surface area contributed by atoms with Gasteiger partial charge in [-0.1, -0.05) is 6.07 Å². The fourth-order valence-electron chi connectivity index (χ4n) is 1.96. The van der Waals surface area contributed by atoms with Crippen LogP contribution in [0.5, 0.6) is 6.01 Å². The fourth-order valence-corrected chi connectivity index (χ4v) is 1.96. The Balaban J connectivity index is 2.14. The second-order valence-electron chi connectivity index (χ2n) is 4.36. The molecule has 0 amide bonds. The summed E-state index contributed by atoms with van der Waals surface area (Å²) < 4.78 is 5.01. The number of aromatic nitrogens is 4. The highest BCUT2D eigenvalue weighted by Crippen LogP contribution is 2.22. The molecule has 0 aliphatic carbocycles. The number of nitrogens with two attached hydrogens (primary N) is 1. The average Bonchev–Trinajstić information content (AvgIpc) is 2.46. The van der Waals surface area contributed by atoms with Crippen LogP contribution in [0.2, 0.25) is 0 Å². The maximum atomic E-state index is 5.65. The van der Waals surface area contributed by atoms with E-state index in [1.54, 1.807) is 0 Å². The Morgan fingerprint density at radius 1 is 1.00 bits per heavy atom. The van der Waals surface area contributed by atoms with Crippen LogP contribution >= 0.6 is 0 Å². The zero-order valence-electron chi connectivity index (χ0n) is 11.2. The Morgan fingerprint density at radius 2 is 1.85 bits per heavy atom. The number of hydrogen-bond donors (Lipinski definition) is 1. The standard InChI is InChI=1S/C14H13N5O/c1-8-3-4-9-7-10(5-6-11(9)16-8)12-17-13(15)19-14(18-12)20-2/h3-7H,1-2H3,(H2,15,17,18,19). The predicted molar refractivity (Wildman–Crippen MR) is 76.3 cm³/mol. The molecule has 6 heteroatoms. The van der Waals surface area contributed by atoms with Crippen LogP contribution in [-0.2, 0) is 0 Å². The largest absolute Gasteiger partial charge is 0.467 e. The minimum absolute atomic E-state index is 0.133. The molecule has 0 saturated heterocycles. The molecule has 0 spiro atoms. The van der Waals surface area contributed by atoms with Crippen LogP contribution in [0.15, 0.2) is 30.3 Å². The first-order valence-electron chi connectivity index (χ1n) is 6.09. The molecule has 0 saturated carbocycles. The number of benzene rings is 1. The molecule has 3 rings (SSSR count). The van der Waals surface area contributed by atoms with Crippen LogP contribution in [-0.4, -0.2) is 27.0 Å². The number of pyridine rings is 1. The quantitative estimate of drug-likeness (QED) is 0.764. The summed E-state index contributed by atoms with van der Waals surface area (Å²) in [4.78, 5) is 16.7. The predicted octanol–water partition coefficient (Wildman–Crippen LogP) is 1.99. The van der Waals surface area contributed by atoms with E-state index in [0.29, 0.717) is 5.82 Å². The Labute approximate surface area is 115 Å². The van der Waals surface area contributed by atoms with Crippen molar-refractivity contribution in [3.05, 3.63) is 36.0 Å². The van der Waals surface area contributed by atoms with E-state index < -0.39 is 0 Å². The highest BCUT2D eigenvalue weighted by atomic mass is 16.5. The van der Waals surface area contributed by atoms with Crippen LogP contribution in [0.3, 0.4) is 0 Å². The molecular formula is C14H13N5O. The van der Waals surface area contributed by atoms with Crippen molar-refractivity contribution in [3.8, 4) is 17.4 Å². The molecule has 0 aliphatic rings. The van der Waals surface area contributed by atoms with Gasteiger partial charge in [-0.05, 0) is 31.2 Å². The second-order valence-corrected chi connectivity index (χ2v) is 4.36. The van der Waals surface area contributed by atoms with Crippen molar-refractivity contribution in [3.63, 3.8) is 0 Å². The summed E-state index contributed by atoms with van der Waals surface area (Å²) in [6.45, 7) is 1.96. The maximum absolute atomic E-state index is 5.65. The van der Waals surface area contributed by atoms with Gasteiger partial charge in [-0.3, -0.25) is 4.98 Å². The molecule has 2 N–H and O–H groups in total. The van der Waals surface area contributed by atoms with Gasteiger partial charge < -0.3 is 10.5 Å². The van der Waals surface area contributed by atoms with Crippen LogP contribution in [0, 0.1) is 6.92 Å². The van der Waals surface area contributed by atoms with Gasteiger partial charge >= 0.3 is 6.01 Å². The van der Waals surface area contributed by atoms with Crippen LogP contribution in [0.4, 0.5) is 5.95 Å². The molecule has 0 unspecified atom stereocenters. The molecule has 0 radical (unpaired) electrons. The van der Waals surface area contributed by atoms with Crippen molar-refractivity contribution in [1.82, 2.24) is 19.9 Å². The third-order valence-electron chi connectivity index (χ3n) is 2.90. The molecule has 0 fully saturated rings. The van der Waals surface area contributed by atoms with E-state index in [1.165, 1.54) is 7.11 Å².